The van der Waals surface area contributed by atoms with Gasteiger partial charge in [0.05, 0.1) is 12.7 Å². The predicted octanol–water partition coefficient (Wildman–Crippen LogP) is 0.612. The van der Waals surface area contributed by atoms with Gasteiger partial charge in [0.2, 0.25) is 0 Å². The van der Waals surface area contributed by atoms with Crippen LogP contribution in [0.15, 0.2) is 24.3 Å². The minimum absolute atomic E-state index is 0.115. The van der Waals surface area contributed by atoms with Crippen molar-refractivity contribution in [3.05, 3.63) is 35.4 Å². The smallest absolute Gasteiger partial charge is 0.337 e. The molecule has 0 heterocycles. The van der Waals surface area contributed by atoms with Crippen LogP contribution >= 0.6 is 0 Å². The lowest BCUT2D eigenvalue weighted by molar-refractivity contribution is 0.0600. The zero-order valence-electron chi connectivity index (χ0n) is 9.74. The van der Waals surface area contributed by atoms with Crippen LogP contribution in [0.3, 0.4) is 0 Å². The summed E-state index contributed by atoms with van der Waals surface area (Å²) in [6.07, 6.45) is 0.152. The molecule has 0 radical (unpaired) electrons. The second-order valence-corrected chi connectivity index (χ2v) is 5.27. The molecule has 0 aliphatic heterocycles. The fourth-order valence-corrected chi connectivity index (χ4v) is 1.78. The van der Waals surface area contributed by atoms with Crippen LogP contribution in [-0.4, -0.2) is 36.6 Å². The minimum Gasteiger partial charge on any atom is -0.465 e. The molecule has 0 fully saturated rings. The van der Waals surface area contributed by atoms with Crippen LogP contribution < -0.4 is 0 Å². The Morgan fingerprint density at radius 2 is 1.89 bits per heavy atom. The van der Waals surface area contributed by atoms with E-state index in [1.54, 1.807) is 24.3 Å². The molecule has 2 N–H and O–H groups in total. The summed E-state index contributed by atoms with van der Waals surface area (Å²) in [5.41, 5.74) is -0.667. The van der Waals surface area contributed by atoms with Crippen molar-refractivity contribution < 1.29 is 27.6 Å². The number of benzene rings is 1. The molecule has 0 aromatic heterocycles. The van der Waals surface area contributed by atoms with E-state index >= 15 is 0 Å². The number of aliphatic hydroxyl groups excluding tert-OH is 1. The number of methoxy groups -OCH3 is 1. The van der Waals surface area contributed by atoms with Crippen molar-refractivity contribution in [1.29, 1.82) is 0 Å². The first kappa shape index (κ1) is 14.6. The fourth-order valence-electron chi connectivity index (χ4n) is 1.36. The van der Waals surface area contributed by atoms with Gasteiger partial charge in [0.25, 0.3) is 10.1 Å². The summed E-state index contributed by atoms with van der Waals surface area (Å²) in [5, 5.41) is 9.12. The molecule has 1 atom stereocenters. The maximum atomic E-state index is 11.1. The molecule has 1 rings (SSSR count). The highest BCUT2D eigenvalue weighted by Crippen LogP contribution is 2.10. The van der Waals surface area contributed by atoms with Crippen molar-refractivity contribution in [3.63, 3.8) is 0 Å². The Morgan fingerprint density at radius 3 is 2.33 bits per heavy atom. The summed E-state index contributed by atoms with van der Waals surface area (Å²) in [6.45, 7) is 0. The van der Waals surface area contributed by atoms with Crippen LogP contribution in [0.4, 0.5) is 0 Å². The molecule has 0 spiro atoms. The summed E-state index contributed by atoms with van der Waals surface area (Å²) in [5.74, 6) is -0.459. The molecular weight excluding hydrogens is 260 g/mol. The number of carbonyl (C=O) groups is 1. The van der Waals surface area contributed by atoms with Gasteiger partial charge in [0.1, 0.15) is 0 Å². The van der Waals surface area contributed by atoms with E-state index in [9.17, 15) is 13.2 Å². The van der Waals surface area contributed by atoms with Crippen molar-refractivity contribution in [2.24, 2.45) is 0 Å². The van der Waals surface area contributed by atoms with Gasteiger partial charge in [-0.05, 0) is 30.5 Å². The molecule has 1 unspecified atom stereocenters. The zero-order chi connectivity index (χ0) is 13.8. The van der Waals surface area contributed by atoms with E-state index < -0.39 is 21.5 Å². The van der Waals surface area contributed by atoms with Crippen molar-refractivity contribution in [2.75, 3.05) is 7.11 Å². The molecule has 18 heavy (non-hydrogen) atoms. The Hall–Kier alpha value is -1.44. The van der Waals surface area contributed by atoms with E-state index in [1.807, 2.05) is 0 Å². The van der Waals surface area contributed by atoms with Gasteiger partial charge in [-0.3, -0.25) is 4.55 Å². The summed E-state index contributed by atoms with van der Waals surface area (Å²) in [6, 6.07) is 6.34. The summed E-state index contributed by atoms with van der Waals surface area (Å²) < 4.78 is 34.3. The average molecular weight is 274 g/mol. The maximum absolute atomic E-state index is 11.1. The molecular formula is C11H14O6S. The van der Waals surface area contributed by atoms with Crippen molar-refractivity contribution in [3.8, 4) is 0 Å². The summed E-state index contributed by atoms with van der Waals surface area (Å²) in [7, 11) is -3.14. The second-order valence-electron chi connectivity index (χ2n) is 3.70. The summed E-state index contributed by atoms with van der Waals surface area (Å²) >= 11 is 0. The molecule has 7 heteroatoms. The maximum Gasteiger partial charge on any atom is 0.337 e. The third-order valence-corrected chi connectivity index (χ3v) is 3.32. The first-order valence-corrected chi connectivity index (χ1v) is 6.66. The van der Waals surface area contributed by atoms with Gasteiger partial charge in [0, 0.05) is 0 Å². The van der Waals surface area contributed by atoms with Gasteiger partial charge >= 0.3 is 5.97 Å². The molecule has 0 aliphatic rings. The lowest BCUT2D eigenvalue weighted by atomic mass is 10.1. The Bertz CT molecular complexity index is 505. The number of hydrogen-bond acceptors (Lipinski definition) is 5. The average Bonchev–Trinajstić information content (AvgIpc) is 2.34. The van der Waals surface area contributed by atoms with Crippen molar-refractivity contribution in [2.45, 2.75) is 18.3 Å². The van der Waals surface area contributed by atoms with Crippen LogP contribution in [0.2, 0.25) is 0 Å². The predicted molar refractivity (Wildman–Crippen MR) is 63.7 cm³/mol. The number of esters is 1. The van der Waals surface area contributed by atoms with Gasteiger partial charge < -0.3 is 9.84 Å². The standard InChI is InChI=1S/C11H14O6S/c1-17-11(13)9-5-2-8(3-6-9)4-7-10(12)18(14,15)16/h2-3,5-6,10,12H,4,7H2,1H3,(H,14,15,16). The van der Waals surface area contributed by atoms with Gasteiger partial charge in [0.15, 0.2) is 5.44 Å². The van der Waals surface area contributed by atoms with Crippen LogP contribution in [0.25, 0.3) is 0 Å². The second kappa shape index (κ2) is 5.94. The van der Waals surface area contributed by atoms with Gasteiger partial charge in [-0.2, -0.15) is 8.42 Å². The third kappa shape index (κ3) is 4.10. The van der Waals surface area contributed by atoms with E-state index in [2.05, 4.69) is 4.74 Å². The Kier molecular flexibility index (Phi) is 4.83. The largest absolute Gasteiger partial charge is 0.465 e. The normalized spacial score (nSPS) is 13.1. The number of aryl methyl sites for hydroxylation is 1. The van der Waals surface area contributed by atoms with Gasteiger partial charge in [-0.25, -0.2) is 4.79 Å². The Balaban J connectivity index is 2.62. The molecule has 1 aromatic rings. The van der Waals surface area contributed by atoms with Crippen LogP contribution in [0.1, 0.15) is 22.3 Å². The SMILES string of the molecule is COC(=O)c1ccc(CCC(O)S(=O)(=O)O)cc1. The van der Waals surface area contributed by atoms with E-state index in [0.717, 1.165) is 5.56 Å². The minimum atomic E-state index is -4.42. The van der Waals surface area contributed by atoms with Crippen LogP contribution in [0.5, 0.6) is 0 Å². The molecule has 6 nitrogen and oxygen atoms in total. The number of carbonyl (C=O) groups excluding carboxylic acids is 1. The van der Waals surface area contributed by atoms with E-state index in [1.165, 1.54) is 7.11 Å². The topological polar surface area (TPSA) is 101 Å². The van der Waals surface area contributed by atoms with E-state index in [0.29, 0.717) is 5.56 Å². The lowest BCUT2D eigenvalue weighted by Crippen LogP contribution is -2.20. The molecule has 0 aliphatic carbocycles. The van der Waals surface area contributed by atoms with Crippen LogP contribution in [-0.2, 0) is 21.3 Å². The Labute approximate surface area is 105 Å². The fraction of sp³-hybridized carbons (Fsp3) is 0.364. The molecule has 0 saturated heterocycles. The zero-order valence-corrected chi connectivity index (χ0v) is 10.6. The number of rotatable bonds is 5. The molecule has 0 amide bonds. The quantitative estimate of drug-likeness (QED) is 0.602. The Morgan fingerprint density at radius 1 is 1.33 bits per heavy atom. The molecule has 0 saturated carbocycles. The highest BCUT2D eigenvalue weighted by molar-refractivity contribution is 7.86. The van der Waals surface area contributed by atoms with Gasteiger partial charge in [-0.15, -0.1) is 0 Å². The number of ether oxygens (including phenoxy) is 1. The third-order valence-electron chi connectivity index (χ3n) is 2.40. The highest BCUT2D eigenvalue weighted by Gasteiger charge is 2.18. The number of hydrogen-bond donors (Lipinski definition) is 2. The van der Waals surface area contributed by atoms with Crippen molar-refractivity contribution >= 4 is 16.1 Å². The van der Waals surface area contributed by atoms with Crippen molar-refractivity contribution in [1.82, 2.24) is 0 Å². The molecule has 0 bridgehead atoms. The number of aliphatic hydroxyl groups is 1. The monoisotopic (exact) mass is 274 g/mol. The lowest BCUT2D eigenvalue weighted by Gasteiger charge is -2.07. The molecule has 1 aromatic carbocycles. The molecule has 100 valence electrons. The van der Waals surface area contributed by atoms with Gasteiger partial charge in [-0.1, -0.05) is 12.1 Å². The summed E-state index contributed by atoms with van der Waals surface area (Å²) in [4.78, 5) is 11.1. The first-order chi connectivity index (χ1) is 8.34. The highest BCUT2D eigenvalue weighted by atomic mass is 32.2. The van der Waals surface area contributed by atoms with E-state index in [4.69, 9.17) is 9.66 Å². The van der Waals surface area contributed by atoms with Crippen LogP contribution in [0, 0.1) is 0 Å². The van der Waals surface area contributed by atoms with E-state index in [-0.39, 0.29) is 12.8 Å². The first-order valence-electron chi connectivity index (χ1n) is 5.16.